The molecule has 1 aliphatic heterocycles. The largest absolute Gasteiger partial charge is 0.361 e. The minimum Gasteiger partial charge on any atom is -0.361 e. The van der Waals surface area contributed by atoms with Gasteiger partial charge in [0.05, 0.1) is 12.1 Å². The lowest BCUT2D eigenvalue weighted by atomic mass is 9.94. The second-order valence-electron chi connectivity index (χ2n) is 6.81. The SMILES string of the molecule is Cc1cc(CN(C)C(=O)C2CCN(C(=O)c3ccc(F)cc3F)CC2)no1. The number of carbonyl (C=O) groups is 2. The third-order valence-corrected chi connectivity index (χ3v) is 4.75. The molecule has 0 radical (unpaired) electrons. The van der Waals surface area contributed by atoms with E-state index in [9.17, 15) is 18.4 Å². The zero-order valence-corrected chi connectivity index (χ0v) is 15.2. The molecule has 8 heteroatoms. The lowest BCUT2D eigenvalue weighted by Crippen LogP contribution is -2.43. The Kier molecular flexibility index (Phi) is 5.53. The van der Waals surface area contributed by atoms with Crippen LogP contribution in [0.5, 0.6) is 0 Å². The summed E-state index contributed by atoms with van der Waals surface area (Å²) in [4.78, 5) is 28.1. The first-order valence-corrected chi connectivity index (χ1v) is 8.76. The lowest BCUT2D eigenvalue weighted by Gasteiger charge is -2.33. The van der Waals surface area contributed by atoms with Crippen LogP contribution in [0, 0.1) is 24.5 Å². The number of hydrogen-bond donors (Lipinski definition) is 0. The molecule has 0 atom stereocenters. The molecule has 2 amide bonds. The van der Waals surface area contributed by atoms with Crippen LogP contribution in [0.1, 0.15) is 34.7 Å². The first kappa shape index (κ1) is 19.0. The number of hydrogen-bond acceptors (Lipinski definition) is 4. The Hall–Kier alpha value is -2.77. The summed E-state index contributed by atoms with van der Waals surface area (Å²) in [6, 6.07) is 4.69. The molecule has 1 saturated heterocycles. The summed E-state index contributed by atoms with van der Waals surface area (Å²) in [7, 11) is 1.71. The molecule has 0 spiro atoms. The van der Waals surface area contributed by atoms with Crippen molar-refractivity contribution in [2.24, 2.45) is 5.92 Å². The number of piperidine rings is 1. The van der Waals surface area contributed by atoms with E-state index >= 15 is 0 Å². The number of benzene rings is 1. The molecule has 1 fully saturated rings. The maximum Gasteiger partial charge on any atom is 0.256 e. The maximum atomic E-state index is 13.8. The van der Waals surface area contributed by atoms with Gasteiger partial charge in [0, 0.05) is 38.2 Å². The third-order valence-electron chi connectivity index (χ3n) is 4.75. The number of likely N-dealkylation sites (tertiary alicyclic amines) is 1. The molecule has 0 aliphatic carbocycles. The zero-order valence-electron chi connectivity index (χ0n) is 15.2. The normalized spacial score (nSPS) is 15.0. The van der Waals surface area contributed by atoms with E-state index in [-0.39, 0.29) is 17.4 Å². The quantitative estimate of drug-likeness (QED) is 0.822. The first-order valence-electron chi connectivity index (χ1n) is 8.76. The highest BCUT2D eigenvalue weighted by molar-refractivity contribution is 5.94. The highest BCUT2D eigenvalue weighted by Gasteiger charge is 2.30. The van der Waals surface area contributed by atoms with Crippen molar-refractivity contribution in [2.75, 3.05) is 20.1 Å². The van der Waals surface area contributed by atoms with Crippen molar-refractivity contribution in [1.29, 1.82) is 0 Å². The van der Waals surface area contributed by atoms with E-state index in [0.29, 0.717) is 50.0 Å². The minimum absolute atomic E-state index is 0.0179. The topological polar surface area (TPSA) is 66.7 Å². The second kappa shape index (κ2) is 7.85. The van der Waals surface area contributed by atoms with Crippen LogP contribution in [0.4, 0.5) is 8.78 Å². The van der Waals surface area contributed by atoms with Gasteiger partial charge < -0.3 is 14.3 Å². The average Bonchev–Trinajstić information content (AvgIpc) is 3.05. The van der Waals surface area contributed by atoms with Gasteiger partial charge in [0.25, 0.3) is 5.91 Å². The predicted octanol–water partition coefficient (Wildman–Crippen LogP) is 2.77. The Labute approximate surface area is 155 Å². The van der Waals surface area contributed by atoms with Crippen molar-refractivity contribution in [3.8, 4) is 0 Å². The summed E-state index contributed by atoms with van der Waals surface area (Å²) in [6.45, 7) is 2.84. The van der Waals surface area contributed by atoms with Crippen LogP contribution in [0.25, 0.3) is 0 Å². The van der Waals surface area contributed by atoms with Crippen LogP contribution in [0.15, 0.2) is 28.8 Å². The summed E-state index contributed by atoms with van der Waals surface area (Å²) in [5.74, 6) is -1.61. The second-order valence-corrected chi connectivity index (χ2v) is 6.81. The Bertz CT molecular complexity index is 844. The van der Waals surface area contributed by atoms with Crippen LogP contribution in [-0.2, 0) is 11.3 Å². The molecule has 2 heterocycles. The van der Waals surface area contributed by atoms with Crippen molar-refractivity contribution < 1.29 is 22.9 Å². The number of rotatable bonds is 4. The van der Waals surface area contributed by atoms with Gasteiger partial charge in [0.2, 0.25) is 5.91 Å². The monoisotopic (exact) mass is 377 g/mol. The summed E-state index contributed by atoms with van der Waals surface area (Å²) in [5, 5.41) is 3.88. The lowest BCUT2D eigenvalue weighted by molar-refractivity contribution is -0.136. The Morgan fingerprint density at radius 1 is 1.26 bits per heavy atom. The number of halogens is 2. The van der Waals surface area contributed by atoms with E-state index in [4.69, 9.17) is 4.52 Å². The van der Waals surface area contributed by atoms with Crippen LogP contribution in [0.3, 0.4) is 0 Å². The van der Waals surface area contributed by atoms with E-state index in [2.05, 4.69) is 5.16 Å². The number of aryl methyl sites for hydroxylation is 1. The van der Waals surface area contributed by atoms with E-state index in [1.54, 1.807) is 24.9 Å². The summed E-state index contributed by atoms with van der Waals surface area (Å²) in [6.07, 6.45) is 0.991. The molecular formula is C19H21F2N3O3. The van der Waals surface area contributed by atoms with Crippen molar-refractivity contribution in [1.82, 2.24) is 15.0 Å². The molecule has 144 valence electrons. The molecule has 0 bridgehead atoms. The Morgan fingerprint density at radius 3 is 2.56 bits per heavy atom. The predicted molar refractivity (Wildman–Crippen MR) is 92.7 cm³/mol. The van der Waals surface area contributed by atoms with Gasteiger partial charge in [-0.1, -0.05) is 5.16 Å². The first-order chi connectivity index (χ1) is 12.8. The van der Waals surface area contributed by atoms with Crippen LogP contribution < -0.4 is 0 Å². The maximum absolute atomic E-state index is 13.8. The van der Waals surface area contributed by atoms with Crippen LogP contribution in [0.2, 0.25) is 0 Å². The molecule has 27 heavy (non-hydrogen) atoms. The molecule has 2 aromatic rings. The Morgan fingerprint density at radius 2 is 1.96 bits per heavy atom. The fourth-order valence-corrected chi connectivity index (χ4v) is 3.29. The van der Waals surface area contributed by atoms with E-state index in [0.717, 1.165) is 12.1 Å². The molecule has 1 aromatic heterocycles. The van der Waals surface area contributed by atoms with E-state index < -0.39 is 17.5 Å². The fourth-order valence-electron chi connectivity index (χ4n) is 3.29. The molecule has 0 N–H and O–H groups in total. The molecule has 0 saturated carbocycles. The van der Waals surface area contributed by atoms with Crippen LogP contribution in [-0.4, -0.2) is 46.9 Å². The fraction of sp³-hybridized carbons (Fsp3) is 0.421. The number of aromatic nitrogens is 1. The highest BCUT2D eigenvalue weighted by Crippen LogP contribution is 2.22. The van der Waals surface area contributed by atoms with Gasteiger partial charge in [-0.3, -0.25) is 9.59 Å². The smallest absolute Gasteiger partial charge is 0.256 e. The number of carbonyl (C=O) groups excluding carboxylic acids is 2. The standard InChI is InChI=1S/C19H21F2N3O3/c1-12-9-15(22-27-12)11-23(2)18(25)13-5-7-24(8-6-13)19(26)16-4-3-14(20)10-17(16)21/h3-4,9-10,13H,5-8,11H2,1-2H3. The van der Waals surface area contributed by atoms with Crippen molar-refractivity contribution >= 4 is 11.8 Å². The van der Waals surface area contributed by atoms with E-state index in [1.165, 1.54) is 4.90 Å². The molecule has 1 aliphatic rings. The summed E-state index contributed by atoms with van der Waals surface area (Å²) < 4.78 is 31.8. The Balaban J connectivity index is 1.56. The van der Waals surface area contributed by atoms with Gasteiger partial charge in [-0.05, 0) is 31.9 Å². The van der Waals surface area contributed by atoms with Gasteiger partial charge >= 0.3 is 0 Å². The molecule has 6 nitrogen and oxygen atoms in total. The summed E-state index contributed by atoms with van der Waals surface area (Å²) in [5.41, 5.74) is 0.530. The highest BCUT2D eigenvalue weighted by atomic mass is 19.1. The molecule has 1 aromatic carbocycles. The van der Waals surface area contributed by atoms with Crippen molar-refractivity contribution in [3.63, 3.8) is 0 Å². The molecular weight excluding hydrogens is 356 g/mol. The van der Waals surface area contributed by atoms with E-state index in [1.807, 2.05) is 0 Å². The van der Waals surface area contributed by atoms with Crippen molar-refractivity contribution in [2.45, 2.75) is 26.3 Å². The van der Waals surface area contributed by atoms with Gasteiger partial charge in [0.15, 0.2) is 0 Å². The van der Waals surface area contributed by atoms with Crippen LogP contribution >= 0.6 is 0 Å². The van der Waals surface area contributed by atoms with Gasteiger partial charge in [0.1, 0.15) is 23.1 Å². The summed E-state index contributed by atoms with van der Waals surface area (Å²) >= 11 is 0. The average molecular weight is 377 g/mol. The van der Waals surface area contributed by atoms with Gasteiger partial charge in [-0.25, -0.2) is 8.78 Å². The zero-order chi connectivity index (χ0) is 19.6. The number of nitrogens with zero attached hydrogens (tertiary/aromatic N) is 3. The van der Waals surface area contributed by atoms with Gasteiger partial charge in [-0.2, -0.15) is 0 Å². The van der Waals surface area contributed by atoms with Gasteiger partial charge in [-0.15, -0.1) is 0 Å². The minimum atomic E-state index is -0.874. The third kappa shape index (κ3) is 4.32. The number of amides is 2. The molecule has 3 rings (SSSR count). The molecule has 0 unspecified atom stereocenters. The van der Waals surface area contributed by atoms with Crippen molar-refractivity contribution in [3.05, 3.63) is 52.9 Å².